The molecule has 0 radical (unpaired) electrons. The van der Waals surface area contributed by atoms with Gasteiger partial charge < -0.3 is 0 Å². The Kier molecular flexibility index (Phi) is 18.3. The fourth-order valence-corrected chi connectivity index (χ4v) is 4.55. The second kappa shape index (κ2) is 18.3. The van der Waals surface area contributed by atoms with Crippen LogP contribution in [0.15, 0.2) is 45.4 Å². The molecule has 0 aromatic rings. The molecule has 0 saturated heterocycles. The Hall–Kier alpha value is -0.00104. The predicted octanol–water partition coefficient (Wildman–Crippen LogP) is 7.68. The third kappa shape index (κ3) is 15.3. The molecule has 0 fully saturated rings. The topological polar surface area (TPSA) is 0 Å². The van der Waals surface area contributed by atoms with Crippen molar-refractivity contribution in [2.45, 2.75) is 83.3 Å². The van der Waals surface area contributed by atoms with E-state index in [1.165, 1.54) is 85.5 Å². The molecule has 0 N–H and O–H groups in total. The number of unbranched alkanes of at least 4 members (excludes halogenated alkanes) is 2. The molecule has 0 heterocycles. The molecule has 0 aromatic carbocycles. The number of allylic oxidation sites excluding steroid dienone is 8. The van der Waals surface area contributed by atoms with Gasteiger partial charge >= 0.3 is 138 Å². The van der Waals surface area contributed by atoms with Crippen molar-refractivity contribution in [2.24, 2.45) is 0 Å². The molecule has 0 atom stereocenters. The van der Waals surface area contributed by atoms with Crippen LogP contribution in [0.3, 0.4) is 0 Å². The first-order chi connectivity index (χ1) is 11.3. The van der Waals surface area contributed by atoms with Crippen LogP contribution >= 0.6 is 0 Å². The summed E-state index contributed by atoms with van der Waals surface area (Å²) in [6, 6.07) is 0. The number of rotatable bonds is 8. The van der Waals surface area contributed by atoms with Gasteiger partial charge in [-0.15, -0.1) is 0 Å². The molecule has 0 unspecified atom stereocenters. The quantitative estimate of drug-likeness (QED) is 0.290. The van der Waals surface area contributed by atoms with E-state index in [1.807, 2.05) is 0 Å². The standard InChI is InChI=1S/2C5H5.2C4H9.C3H8.2Fe/c2*1-2-4-5-3-1;2*1-3-4-2;1-3-2;;/h2*1-3H,4H2;2*1,3-4H2,2H3;3H2,1-2H3;;. The molecular formula is C21H36Fe2. The van der Waals surface area contributed by atoms with Crippen molar-refractivity contribution in [1.82, 2.24) is 0 Å². The van der Waals surface area contributed by atoms with Gasteiger partial charge in [0.1, 0.15) is 0 Å². The summed E-state index contributed by atoms with van der Waals surface area (Å²) in [4.78, 5) is 0. The van der Waals surface area contributed by atoms with E-state index in [4.69, 9.17) is 0 Å². The summed E-state index contributed by atoms with van der Waals surface area (Å²) in [6.07, 6.45) is 22.4. The monoisotopic (exact) mass is 400 g/mol. The van der Waals surface area contributed by atoms with Gasteiger partial charge in [0.05, 0.1) is 0 Å². The van der Waals surface area contributed by atoms with Gasteiger partial charge in [0.2, 0.25) is 0 Å². The fraction of sp³-hybridized carbons (Fsp3) is 0.619. The minimum absolute atomic E-state index is 1.21. The van der Waals surface area contributed by atoms with Gasteiger partial charge in [-0.25, -0.2) is 0 Å². The Morgan fingerprint density at radius 3 is 1.39 bits per heavy atom. The van der Waals surface area contributed by atoms with E-state index in [0.29, 0.717) is 0 Å². The van der Waals surface area contributed by atoms with E-state index in [9.17, 15) is 0 Å². The van der Waals surface area contributed by atoms with Crippen LogP contribution in [0.5, 0.6) is 0 Å². The molecule has 2 aliphatic rings. The van der Waals surface area contributed by atoms with Crippen LogP contribution in [-0.4, -0.2) is 0 Å². The van der Waals surface area contributed by atoms with E-state index in [-0.39, 0.29) is 0 Å². The first kappa shape index (κ1) is 23.0. The first-order valence-electron chi connectivity index (χ1n) is 9.12. The molecule has 23 heavy (non-hydrogen) atoms. The van der Waals surface area contributed by atoms with E-state index < -0.39 is 0 Å². The molecule has 2 heteroatoms. The van der Waals surface area contributed by atoms with E-state index >= 15 is 0 Å². The molecule has 0 saturated carbocycles. The predicted molar refractivity (Wildman–Crippen MR) is 99.1 cm³/mol. The molecule has 0 nitrogen and oxygen atoms in total. The van der Waals surface area contributed by atoms with Crippen molar-refractivity contribution in [3.63, 3.8) is 0 Å². The van der Waals surface area contributed by atoms with Crippen LogP contribution in [-0.2, 0) is 29.9 Å². The molecule has 0 spiro atoms. The summed E-state index contributed by atoms with van der Waals surface area (Å²) < 4.78 is 3.24. The summed E-state index contributed by atoms with van der Waals surface area (Å²) in [7, 11) is 0. The normalized spacial score (nSPS) is 15.0. The molecular weight excluding hydrogens is 364 g/mol. The molecule has 2 rings (SSSR count). The van der Waals surface area contributed by atoms with Gasteiger partial charge in [0, 0.05) is 0 Å². The molecule has 136 valence electrons. The summed E-state index contributed by atoms with van der Waals surface area (Å²) in [5, 5.41) is 2.76. The van der Waals surface area contributed by atoms with Crippen LogP contribution in [0.2, 0.25) is 10.6 Å². The SMILES string of the molecule is CCC.CCC[CH2][Fe][C]1=CC=CC1.CCC[CH2][Fe][C]1=CC=CC1. The van der Waals surface area contributed by atoms with Gasteiger partial charge in [0.25, 0.3) is 0 Å². The first-order valence-corrected chi connectivity index (χ1v) is 11.8. The Balaban J connectivity index is 0.000000360. The summed E-state index contributed by atoms with van der Waals surface area (Å²) in [6.45, 7) is 8.75. The number of hydrogen-bond acceptors (Lipinski definition) is 0. The van der Waals surface area contributed by atoms with Crippen molar-refractivity contribution in [3.8, 4) is 0 Å². The molecule has 0 aromatic heterocycles. The van der Waals surface area contributed by atoms with Gasteiger partial charge in [-0.2, -0.15) is 0 Å². The van der Waals surface area contributed by atoms with Crippen molar-refractivity contribution in [3.05, 3.63) is 45.4 Å². The second-order valence-electron chi connectivity index (χ2n) is 5.48. The third-order valence-corrected chi connectivity index (χ3v) is 6.04. The maximum atomic E-state index is 2.26. The van der Waals surface area contributed by atoms with Crippen LogP contribution in [0.1, 0.15) is 72.6 Å². The Bertz CT molecular complexity index is 339. The van der Waals surface area contributed by atoms with Gasteiger partial charge in [-0.3, -0.25) is 0 Å². The van der Waals surface area contributed by atoms with Crippen molar-refractivity contribution >= 4 is 0 Å². The van der Waals surface area contributed by atoms with Crippen LogP contribution in [0.25, 0.3) is 0 Å². The zero-order valence-electron chi connectivity index (χ0n) is 15.5. The second-order valence-corrected chi connectivity index (χ2v) is 8.78. The molecule has 2 aliphatic carbocycles. The zero-order chi connectivity index (χ0) is 17.2. The van der Waals surface area contributed by atoms with E-state index in [1.54, 1.807) is 8.94 Å². The zero-order valence-corrected chi connectivity index (χ0v) is 17.7. The van der Waals surface area contributed by atoms with Crippen molar-refractivity contribution in [1.29, 1.82) is 0 Å². The van der Waals surface area contributed by atoms with Crippen molar-refractivity contribution in [2.75, 3.05) is 0 Å². The third-order valence-electron chi connectivity index (χ3n) is 2.89. The Labute approximate surface area is 158 Å². The average molecular weight is 400 g/mol. The van der Waals surface area contributed by atoms with E-state index in [2.05, 4.69) is 64.2 Å². The van der Waals surface area contributed by atoms with Gasteiger partial charge in [0.15, 0.2) is 0 Å². The van der Waals surface area contributed by atoms with Crippen LogP contribution in [0.4, 0.5) is 0 Å². The molecule has 0 bridgehead atoms. The Morgan fingerprint density at radius 2 is 1.13 bits per heavy atom. The Morgan fingerprint density at radius 1 is 0.739 bits per heavy atom. The van der Waals surface area contributed by atoms with Gasteiger partial charge in [-0.05, 0) is 0 Å². The average Bonchev–Trinajstić information content (AvgIpc) is 3.23. The summed E-state index contributed by atoms with van der Waals surface area (Å²) >= 11 is 2.64. The van der Waals surface area contributed by atoms with E-state index in [0.717, 1.165) is 0 Å². The molecule has 0 aliphatic heterocycles. The van der Waals surface area contributed by atoms with Gasteiger partial charge in [-0.1, -0.05) is 20.3 Å². The molecule has 0 amide bonds. The summed E-state index contributed by atoms with van der Waals surface area (Å²) in [5.41, 5.74) is 0. The van der Waals surface area contributed by atoms with Crippen LogP contribution in [0, 0.1) is 0 Å². The summed E-state index contributed by atoms with van der Waals surface area (Å²) in [5.74, 6) is 0. The maximum absolute atomic E-state index is 2.26. The van der Waals surface area contributed by atoms with Crippen LogP contribution < -0.4 is 0 Å². The fourth-order valence-electron chi connectivity index (χ4n) is 1.62. The number of hydrogen-bond donors (Lipinski definition) is 0. The minimum atomic E-state index is 1.21. The van der Waals surface area contributed by atoms with Crippen molar-refractivity contribution < 1.29 is 29.9 Å².